The minimum absolute atomic E-state index is 0.0238. The van der Waals surface area contributed by atoms with Crippen molar-refractivity contribution in [1.29, 1.82) is 0 Å². The van der Waals surface area contributed by atoms with Gasteiger partial charge in [-0.3, -0.25) is 10.1 Å². The number of aromatic hydroxyl groups is 1. The van der Waals surface area contributed by atoms with E-state index in [1.807, 2.05) is 0 Å². The van der Waals surface area contributed by atoms with Crippen LogP contribution < -0.4 is 5.73 Å². The first-order chi connectivity index (χ1) is 8.09. The molecule has 17 heavy (non-hydrogen) atoms. The number of phenols is 1. The summed E-state index contributed by atoms with van der Waals surface area (Å²) < 4.78 is 0. The Morgan fingerprint density at radius 2 is 1.88 bits per heavy atom. The van der Waals surface area contributed by atoms with Gasteiger partial charge in [0.2, 0.25) is 0 Å². The van der Waals surface area contributed by atoms with Gasteiger partial charge in [-0.15, -0.1) is 0 Å². The standard InChI is InChI=1S/C12H10N2O3/c13-11-6-2-5-10(12(11)15)8-3-1-4-9(7-8)14(16)17/h1-7,15H,13H2. The van der Waals surface area contributed by atoms with Gasteiger partial charge >= 0.3 is 0 Å². The fourth-order valence-corrected chi connectivity index (χ4v) is 1.58. The zero-order chi connectivity index (χ0) is 12.4. The first kappa shape index (κ1) is 10.9. The Kier molecular flexibility index (Phi) is 2.66. The third-order valence-electron chi connectivity index (χ3n) is 2.44. The average molecular weight is 230 g/mol. The summed E-state index contributed by atoms with van der Waals surface area (Å²) in [5.74, 6) is -0.0620. The van der Waals surface area contributed by atoms with Gasteiger partial charge in [-0.2, -0.15) is 0 Å². The van der Waals surface area contributed by atoms with Crippen LogP contribution in [0.15, 0.2) is 42.5 Å². The van der Waals surface area contributed by atoms with Crippen LogP contribution in [-0.2, 0) is 0 Å². The van der Waals surface area contributed by atoms with Crippen LogP contribution in [0.3, 0.4) is 0 Å². The Balaban J connectivity index is 2.57. The molecule has 0 aliphatic rings. The van der Waals surface area contributed by atoms with E-state index in [9.17, 15) is 15.2 Å². The van der Waals surface area contributed by atoms with Gasteiger partial charge in [0.25, 0.3) is 5.69 Å². The number of nitrogens with zero attached hydrogens (tertiary/aromatic N) is 1. The van der Waals surface area contributed by atoms with Crippen LogP contribution in [0.2, 0.25) is 0 Å². The molecule has 2 aromatic rings. The zero-order valence-electron chi connectivity index (χ0n) is 8.83. The molecule has 0 saturated heterocycles. The zero-order valence-corrected chi connectivity index (χ0v) is 8.83. The van der Waals surface area contributed by atoms with Gasteiger partial charge in [0.1, 0.15) is 5.75 Å². The number of nitro benzene ring substituents is 1. The lowest BCUT2D eigenvalue weighted by molar-refractivity contribution is -0.384. The molecule has 5 nitrogen and oxygen atoms in total. The summed E-state index contributed by atoms with van der Waals surface area (Å²) in [7, 11) is 0. The second kappa shape index (κ2) is 4.13. The van der Waals surface area contributed by atoms with E-state index in [4.69, 9.17) is 5.73 Å². The molecular weight excluding hydrogens is 220 g/mol. The van der Waals surface area contributed by atoms with Crippen LogP contribution in [0.25, 0.3) is 11.1 Å². The quantitative estimate of drug-likeness (QED) is 0.359. The van der Waals surface area contributed by atoms with Gasteiger partial charge in [-0.1, -0.05) is 24.3 Å². The smallest absolute Gasteiger partial charge is 0.270 e. The number of phenolic OH excluding ortho intramolecular Hbond substituents is 1. The van der Waals surface area contributed by atoms with Crippen molar-refractivity contribution in [3.63, 3.8) is 0 Å². The highest BCUT2D eigenvalue weighted by molar-refractivity contribution is 5.77. The van der Waals surface area contributed by atoms with Gasteiger partial charge in [0.15, 0.2) is 0 Å². The maximum absolute atomic E-state index is 10.7. The Bertz CT molecular complexity index is 582. The lowest BCUT2D eigenvalue weighted by Gasteiger charge is -2.06. The number of anilines is 1. The molecule has 3 N–H and O–H groups in total. The number of nitro groups is 1. The summed E-state index contributed by atoms with van der Waals surface area (Å²) in [5, 5.41) is 20.4. The van der Waals surface area contributed by atoms with Crippen LogP contribution in [0, 0.1) is 10.1 Å². The third-order valence-corrected chi connectivity index (χ3v) is 2.44. The van der Waals surface area contributed by atoms with Gasteiger partial charge < -0.3 is 10.8 Å². The van der Waals surface area contributed by atoms with Crippen molar-refractivity contribution in [2.45, 2.75) is 0 Å². The first-order valence-corrected chi connectivity index (χ1v) is 4.92. The largest absolute Gasteiger partial charge is 0.505 e. The van der Waals surface area contributed by atoms with Crippen molar-refractivity contribution in [1.82, 2.24) is 0 Å². The van der Waals surface area contributed by atoms with E-state index in [2.05, 4.69) is 0 Å². The number of non-ortho nitro benzene ring substituents is 1. The highest BCUT2D eigenvalue weighted by atomic mass is 16.6. The normalized spacial score (nSPS) is 10.1. The molecule has 0 amide bonds. The first-order valence-electron chi connectivity index (χ1n) is 4.92. The van der Waals surface area contributed by atoms with E-state index in [1.165, 1.54) is 12.1 Å². The molecule has 5 heteroatoms. The van der Waals surface area contributed by atoms with Crippen molar-refractivity contribution in [3.8, 4) is 16.9 Å². The number of benzene rings is 2. The topological polar surface area (TPSA) is 89.4 Å². The maximum Gasteiger partial charge on any atom is 0.270 e. The van der Waals surface area contributed by atoms with E-state index in [-0.39, 0.29) is 17.1 Å². The number of nitrogen functional groups attached to an aromatic ring is 1. The Morgan fingerprint density at radius 3 is 2.59 bits per heavy atom. The van der Waals surface area contributed by atoms with Crippen molar-refractivity contribution < 1.29 is 10.0 Å². The molecule has 2 aromatic carbocycles. The fraction of sp³-hybridized carbons (Fsp3) is 0. The van der Waals surface area contributed by atoms with Crippen LogP contribution >= 0.6 is 0 Å². The SMILES string of the molecule is Nc1cccc(-c2cccc([N+](=O)[O-])c2)c1O. The Labute approximate surface area is 97.3 Å². The van der Waals surface area contributed by atoms with Crippen molar-refractivity contribution >= 4 is 11.4 Å². The van der Waals surface area contributed by atoms with Gasteiger partial charge in [-0.25, -0.2) is 0 Å². The molecule has 0 aliphatic heterocycles. The predicted molar refractivity (Wildman–Crippen MR) is 64.6 cm³/mol. The molecule has 0 unspecified atom stereocenters. The summed E-state index contributed by atoms with van der Waals surface area (Å²) in [6, 6.07) is 10.9. The van der Waals surface area contributed by atoms with Crippen LogP contribution in [-0.4, -0.2) is 10.0 Å². The molecule has 0 heterocycles. The molecule has 0 radical (unpaired) electrons. The summed E-state index contributed by atoms with van der Waals surface area (Å²) in [6.07, 6.45) is 0. The maximum atomic E-state index is 10.7. The number of rotatable bonds is 2. The summed E-state index contributed by atoms with van der Waals surface area (Å²) in [4.78, 5) is 10.2. The molecule has 86 valence electrons. The molecule has 2 rings (SSSR count). The van der Waals surface area contributed by atoms with Gasteiger partial charge in [-0.05, 0) is 11.6 Å². The Morgan fingerprint density at radius 1 is 1.18 bits per heavy atom. The van der Waals surface area contributed by atoms with Crippen LogP contribution in [0.1, 0.15) is 0 Å². The summed E-state index contributed by atoms with van der Waals surface area (Å²) >= 11 is 0. The van der Waals surface area contributed by atoms with E-state index in [1.54, 1.807) is 30.3 Å². The van der Waals surface area contributed by atoms with E-state index in [0.29, 0.717) is 11.1 Å². The molecule has 0 bridgehead atoms. The minimum atomic E-state index is -0.479. The molecule has 0 atom stereocenters. The number of nitrogens with two attached hydrogens (primary N) is 1. The minimum Gasteiger partial charge on any atom is -0.505 e. The van der Waals surface area contributed by atoms with E-state index >= 15 is 0 Å². The highest BCUT2D eigenvalue weighted by Crippen LogP contribution is 2.34. The fourth-order valence-electron chi connectivity index (χ4n) is 1.58. The average Bonchev–Trinajstić information content (AvgIpc) is 2.33. The molecule has 0 saturated carbocycles. The predicted octanol–water partition coefficient (Wildman–Crippen LogP) is 2.55. The second-order valence-electron chi connectivity index (χ2n) is 3.55. The monoisotopic (exact) mass is 230 g/mol. The number of para-hydroxylation sites is 1. The summed E-state index contributed by atoms with van der Waals surface area (Å²) in [6.45, 7) is 0. The highest BCUT2D eigenvalue weighted by Gasteiger charge is 2.10. The molecular formula is C12H10N2O3. The van der Waals surface area contributed by atoms with Gasteiger partial charge in [0, 0.05) is 17.7 Å². The number of hydrogen-bond acceptors (Lipinski definition) is 4. The lowest BCUT2D eigenvalue weighted by atomic mass is 10.0. The molecule has 0 spiro atoms. The van der Waals surface area contributed by atoms with Crippen molar-refractivity contribution in [2.24, 2.45) is 0 Å². The van der Waals surface area contributed by atoms with Crippen LogP contribution in [0.5, 0.6) is 5.75 Å². The second-order valence-corrected chi connectivity index (χ2v) is 3.55. The number of hydrogen-bond donors (Lipinski definition) is 2. The van der Waals surface area contributed by atoms with Crippen LogP contribution in [0.4, 0.5) is 11.4 Å². The van der Waals surface area contributed by atoms with Crippen molar-refractivity contribution in [3.05, 3.63) is 52.6 Å². The van der Waals surface area contributed by atoms with Crippen molar-refractivity contribution in [2.75, 3.05) is 5.73 Å². The molecule has 0 aromatic heterocycles. The van der Waals surface area contributed by atoms with E-state index in [0.717, 1.165) is 0 Å². The Hall–Kier alpha value is -2.56. The molecule has 0 fully saturated rings. The lowest BCUT2D eigenvalue weighted by Crippen LogP contribution is -1.90. The van der Waals surface area contributed by atoms with Gasteiger partial charge in [0.05, 0.1) is 10.6 Å². The summed E-state index contributed by atoms with van der Waals surface area (Å²) in [5.41, 5.74) is 6.83. The van der Waals surface area contributed by atoms with E-state index < -0.39 is 4.92 Å². The molecule has 0 aliphatic carbocycles. The third kappa shape index (κ3) is 2.03.